The van der Waals surface area contributed by atoms with Crippen molar-refractivity contribution in [1.82, 2.24) is 5.32 Å². The summed E-state index contributed by atoms with van der Waals surface area (Å²) in [6, 6.07) is 7.92. The van der Waals surface area contributed by atoms with E-state index in [1.807, 2.05) is 24.3 Å². The van der Waals surface area contributed by atoms with Crippen molar-refractivity contribution in [3.05, 3.63) is 29.8 Å². The van der Waals surface area contributed by atoms with Crippen LogP contribution in [0.2, 0.25) is 0 Å². The summed E-state index contributed by atoms with van der Waals surface area (Å²) in [7, 11) is 1.64. The summed E-state index contributed by atoms with van der Waals surface area (Å²) in [4.78, 5) is 11.9. The van der Waals surface area contributed by atoms with Gasteiger partial charge in [0.05, 0.1) is 7.11 Å². The summed E-state index contributed by atoms with van der Waals surface area (Å²) in [6.07, 6.45) is 4.41. The predicted molar refractivity (Wildman–Crippen MR) is 89.1 cm³/mol. The average Bonchev–Trinajstić information content (AvgIpc) is 2.49. The second-order valence-electron chi connectivity index (χ2n) is 4.99. The number of hydrogen-bond donors (Lipinski definition) is 2. The van der Waals surface area contributed by atoms with Gasteiger partial charge in [-0.3, -0.25) is 4.79 Å². The highest BCUT2D eigenvalue weighted by Crippen LogP contribution is 2.12. The zero-order valence-corrected chi connectivity index (χ0v) is 13.7. The number of amides is 1. The van der Waals surface area contributed by atoms with Crippen LogP contribution in [0.4, 0.5) is 0 Å². The third-order valence-electron chi connectivity index (χ3n) is 3.36. The molecule has 0 spiro atoms. The first-order chi connectivity index (χ1) is 9.69. The van der Waals surface area contributed by atoms with E-state index in [0.29, 0.717) is 13.0 Å². The van der Waals surface area contributed by atoms with Gasteiger partial charge in [0.25, 0.3) is 0 Å². The number of carbonyl (C=O) groups is 1. The maximum absolute atomic E-state index is 11.9. The molecule has 0 saturated carbocycles. The smallest absolute Gasteiger partial charge is 0.220 e. The van der Waals surface area contributed by atoms with Gasteiger partial charge >= 0.3 is 0 Å². The lowest BCUT2D eigenvalue weighted by molar-refractivity contribution is -0.121. The number of nitrogens with one attached hydrogen (secondary N) is 1. The summed E-state index contributed by atoms with van der Waals surface area (Å²) in [5, 5.41) is 3.01. The molecular weight excluding hydrogens is 288 g/mol. The number of methoxy groups -OCH3 is 1. The second kappa shape index (κ2) is 11.4. The van der Waals surface area contributed by atoms with Crippen molar-refractivity contribution in [2.24, 2.45) is 5.73 Å². The van der Waals surface area contributed by atoms with Crippen molar-refractivity contribution >= 4 is 18.3 Å². The molecule has 4 nitrogen and oxygen atoms in total. The molecule has 120 valence electrons. The minimum absolute atomic E-state index is 0. The number of nitrogens with two attached hydrogens (primary N) is 1. The van der Waals surface area contributed by atoms with E-state index < -0.39 is 0 Å². The molecule has 0 aliphatic carbocycles. The van der Waals surface area contributed by atoms with Crippen LogP contribution in [0.5, 0.6) is 5.75 Å². The minimum atomic E-state index is 0. The number of halogens is 1. The lowest BCUT2D eigenvalue weighted by Gasteiger charge is -2.16. The van der Waals surface area contributed by atoms with Crippen LogP contribution in [0.15, 0.2) is 24.3 Å². The minimum Gasteiger partial charge on any atom is -0.497 e. The fourth-order valence-electron chi connectivity index (χ4n) is 2.05. The van der Waals surface area contributed by atoms with Crippen LogP contribution in [0.3, 0.4) is 0 Å². The number of rotatable bonds is 9. The predicted octanol–water partition coefficient (Wildman–Crippen LogP) is 2.68. The molecule has 3 N–H and O–H groups in total. The number of unbranched alkanes of at least 4 members (excludes halogenated alkanes) is 1. The van der Waals surface area contributed by atoms with Crippen molar-refractivity contribution in [1.29, 1.82) is 0 Å². The van der Waals surface area contributed by atoms with Crippen LogP contribution < -0.4 is 15.8 Å². The van der Waals surface area contributed by atoms with E-state index in [2.05, 4.69) is 12.2 Å². The summed E-state index contributed by atoms with van der Waals surface area (Å²) in [5.41, 5.74) is 6.81. The van der Waals surface area contributed by atoms with E-state index in [4.69, 9.17) is 10.5 Å². The molecule has 0 aliphatic heterocycles. The molecule has 0 saturated heterocycles. The quantitative estimate of drug-likeness (QED) is 0.736. The molecule has 0 aliphatic rings. The first kappa shape index (κ1) is 19.7. The van der Waals surface area contributed by atoms with E-state index in [0.717, 1.165) is 37.0 Å². The Bertz CT molecular complexity index is 396. The Labute approximate surface area is 133 Å². The topological polar surface area (TPSA) is 64.3 Å². The number of ether oxygens (including phenoxy) is 1. The average molecular weight is 315 g/mol. The van der Waals surface area contributed by atoms with Gasteiger partial charge in [-0.05, 0) is 30.5 Å². The van der Waals surface area contributed by atoms with Gasteiger partial charge < -0.3 is 15.8 Å². The Balaban J connectivity index is 0.00000400. The molecule has 1 atom stereocenters. The van der Waals surface area contributed by atoms with E-state index in [9.17, 15) is 4.79 Å². The van der Waals surface area contributed by atoms with Crippen molar-refractivity contribution < 1.29 is 9.53 Å². The third-order valence-corrected chi connectivity index (χ3v) is 3.36. The van der Waals surface area contributed by atoms with Crippen molar-refractivity contribution in [2.45, 2.75) is 45.1 Å². The van der Waals surface area contributed by atoms with Crippen LogP contribution in [-0.2, 0) is 11.2 Å². The van der Waals surface area contributed by atoms with Gasteiger partial charge in [0.2, 0.25) is 5.91 Å². The fourth-order valence-corrected chi connectivity index (χ4v) is 2.05. The summed E-state index contributed by atoms with van der Waals surface area (Å²) in [5.74, 6) is 0.910. The molecule has 0 heterocycles. The lowest BCUT2D eigenvalue weighted by atomic mass is 10.1. The molecule has 1 aromatic carbocycles. The lowest BCUT2D eigenvalue weighted by Crippen LogP contribution is -2.40. The van der Waals surface area contributed by atoms with E-state index in [1.54, 1.807) is 7.11 Å². The largest absolute Gasteiger partial charge is 0.497 e. The molecule has 0 fully saturated rings. The Morgan fingerprint density at radius 2 is 2.00 bits per heavy atom. The molecule has 21 heavy (non-hydrogen) atoms. The summed E-state index contributed by atoms with van der Waals surface area (Å²) >= 11 is 0. The van der Waals surface area contributed by atoms with E-state index >= 15 is 0 Å². The van der Waals surface area contributed by atoms with Gasteiger partial charge in [-0.25, -0.2) is 0 Å². The monoisotopic (exact) mass is 314 g/mol. The van der Waals surface area contributed by atoms with Gasteiger partial charge in [0, 0.05) is 19.0 Å². The molecule has 1 amide bonds. The first-order valence-corrected chi connectivity index (χ1v) is 7.32. The van der Waals surface area contributed by atoms with Crippen LogP contribution in [0.25, 0.3) is 0 Å². The SMILES string of the molecule is CCCCC(CN)NC(=O)CCc1ccc(OC)cc1.Cl. The fraction of sp³-hybridized carbons (Fsp3) is 0.562. The molecule has 0 bridgehead atoms. The van der Waals surface area contributed by atoms with Crippen LogP contribution >= 0.6 is 12.4 Å². The summed E-state index contributed by atoms with van der Waals surface area (Å²) < 4.78 is 5.11. The van der Waals surface area contributed by atoms with Gasteiger partial charge in [0.15, 0.2) is 0 Å². The Morgan fingerprint density at radius 3 is 2.52 bits per heavy atom. The molecule has 1 unspecified atom stereocenters. The summed E-state index contributed by atoms with van der Waals surface area (Å²) in [6.45, 7) is 2.65. The number of aryl methyl sites for hydroxylation is 1. The van der Waals surface area contributed by atoms with Crippen molar-refractivity contribution in [3.8, 4) is 5.75 Å². The van der Waals surface area contributed by atoms with Crippen LogP contribution in [-0.4, -0.2) is 25.6 Å². The first-order valence-electron chi connectivity index (χ1n) is 7.32. The highest BCUT2D eigenvalue weighted by Gasteiger charge is 2.10. The normalized spacial score (nSPS) is 11.4. The van der Waals surface area contributed by atoms with E-state index in [1.165, 1.54) is 0 Å². The number of carbonyl (C=O) groups excluding carboxylic acids is 1. The zero-order valence-electron chi connectivity index (χ0n) is 12.9. The molecule has 1 aromatic rings. The van der Waals surface area contributed by atoms with Crippen molar-refractivity contribution in [3.63, 3.8) is 0 Å². The molecule has 0 aromatic heterocycles. The molecule has 0 radical (unpaired) electrons. The highest BCUT2D eigenvalue weighted by atomic mass is 35.5. The zero-order chi connectivity index (χ0) is 14.8. The standard InChI is InChI=1S/C16H26N2O2.ClH/c1-3-4-5-14(12-17)18-16(19)11-8-13-6-9-15(20-2)10-7-13;/h6-7,9-10,14H,3-5,8,11-12,17H2,1-2H3,(H,18,19);1H. The van der Waals surface area contributed by atoms with Crippen molar-refractivity contribution in [2.75, 3.05) is 13.7 Å². The Kier molecular flexibility index (Phi) is 10.7. The number of benzene rings is 1. The third kappa shape index (κ3) is 7.93. The van der Waals surface area contributed by atoms with Gasteiger partial charge in [-0.2, -0.15) is 0 Å². The maximum Gasteiger partial charge on any atom is 0.220 e. The van der Waals surface area contributed by atoms with Gasteiger partial charge in [-0.15, -0.1) is 12.4 Å². The Hall–Kier alpha value is -1.26. The number of hydrogen-bond acceptors (Lipinski definition) is 3. The van der Waals surface area contributed by atoms with E-state index in [-0.39, 0.29) is 24.4 Å². The maximum atomic E-state index is 11.9. The second-order valence-corrected chi connectivity index (χ2v) is 4.99. The molecule has 1 rings (SSSR count). The molecule has 5 heteroatoms. The Morgan fingerprint density at radius 1 is 1.33 bits per heavy atom. The van der Waals surface area contributed by atoms with Gasteiger partial charge in [0.1, 0.15) is 5.75 Å². The highest BCUT2D eigenvalue weighted by molar-refractivity contribution is 5.85. The van der Waals surface area contributed by atoms with Crippen LogP contribution in [0, 0.1) is 0 Å². The van der Waals surface area contributed by atoms with Crippen LogP contribution in [0.1, 0.15) is 38.2 Å². The molecular formula is C16H27ClN2O2. The van der Waals surface area contributed by atoms with Gasteiger partial charge in [-0.1, -0.05) is 31.9 Å².